The van der Waals surface area contributed by atoms with Gasteiger partial charge in [-0.25, -0.2) is 0 Å². The Labute approximate surface area is 185 Å². The molecule has 0 saturated heterocycles. The lowest BCUT2D eigenvalue weighted by Gasteiger charge is -2.10. The Bertz CT molecular complexity index is 1270. The zero-order chi connectivity index (χ0) is 22.1. The molecule has 2 heterocycles. The molecule has 0 spiro atoms. The number of para-hydroxylation sites is 1. The van der Waals surface area contributed by atoms with Crippen LogP contribution in [0.1, 0.15) is 27.6 Å². The maximum Gasteiger partial charge on any atom is 0.326 e. The van der Waals surface area contributed by atoms with E-state index in [-0.39, 0.29) is 29.1 Å². The van der Waals surface area contributed by atoms with Crippen molar-refractivity contribution in [2.45, 2.75) is 13.5 Å². The van der Waals surface area contributed by atoms with Gasteiger partial charge in [-0.3, -0.25) is 24.1 Å². The number of amides is 3. The van der Waals surface area contributed by atoms with Crippen LogP contribution in [0.2, 0.25) is 5.02 Å². The highest BCUT2D eigenvalue weighted by molar-refractivity contribution is 7.16. The van der Waals surface area contributed by atoms with Gasteiger partial charge in [-0.05, 0) is 31.2 Å². The van der Waals surface area contributed by atoms with Crippen LogP contribution in [0.15, 0.2) is 47.5 Å². The molecule has 1 aliphatic rings. The molecule has 0 N–H and O–H groups in total. The summed E-state index contributed by atoms with van der Waals surface area (Å²) >= 11 is 7.48. The summed E-state index contributed by atoms with van der Waals surface area (Å²) in [4.78, 5) is 54.9. The van der Waals surface area contributed by atoms with Gasteiger partial charge in [0.2, 0.25) is 0 Å². The van der Waals surface area contributed by atoms with Crippen molar-refractivity contribution in [3.63, 3.8) is 0 Å². The molecule has 0 atom stereocenters. The predicted octanol–water partition coefficient (Wildman–Crippen LogP) is 2.64. The van der Waals surface area contributed by atoms with E-state index < -0.39 is 30.2 Å². The van der Waals surface area contributed by atoms with Crippen molar-refractivity contribution in [2.75, 3.05) is 13.2 Å². The zero-order valence-corrected chi connectivity index (χ0v) is 17.9. The summed E-state index contributed by atoms with van der Waals surface area (Å²) < 4.78 is 7.24. The van der Waals surface area contributed by atoms with Crippen molar-refractivity contribution in [1.29, 1.82) is 0 Å². The highest BCUT2D eigenvalue weighted by atomic mass is 35.5. The number of carbonyl (C=O) groups is 4. The Balaban J connectivity index is 1.68. The van der Waals surface area contributed by atoms with Crippen molar-refractivity contribution in [2.24, 2.45) is 4.99 Å². The first-order valence-corrected chi connectivity index (χ1v) is 10.6. The van der Waals surface area contributed by atoms with Crippen molar-refractivity contribution in [3.8, 4) is 0 Å². The monoisotopic (exact) mass is 457 g/mol. The van der Waals surface area contributed by atoms with Crippen LogP contribution >= 0.6 is 22.9 Å². The summed E-state index contributed by atoms with van der Waals surface area (Å²) in [5.74, 6) is -2.28. The zero-order valence-electron chi connectivity index (χ0n) is 16.3. The van der Waals surface area contributed by atoms with Gasteiger partial charge in [0.05, 0.1) is 33.0 Å². The van der Waals surface area contributed by atoms with Crippen molar-refractivity contribution in [3.05, 3.63) is 63.4 Å². The van der Waals surface area contributed by atoms with Crippen molar-refractivity contribution in [1.82, 2.24) is 9.47 Å². The second-order valence-corrected chi connectivity index (χ2v) is 8.03. The fraction of sp³-hybridized carbons (Fsp3) is 0.190. The average Bonchev–Trinajstić information content (AvgIpc) is 3.19. The first kappa shape index (κ1) is 21.0. The minimum absolute atomic E-state index is 0.184. The number of aromatic nitrogens is 1. The summed E-state index contributed by atoms with van der Waals surface area (Å²) in [6.45, 7) is 1.21. The Morgan fingerprint density at radius 1 is 1.03 bits per heavy atom. The minimum Gasteiger partial charge on any atom is -0.465 e. The van der Waals surface area contributed by atoms with Gasteiger partial charge in [-0.1, -0.05) is 41.1 Å². The number of benzene rings is 2. The summed E-state index contributed by atoms with van der Waals surface area (Å²) in [5.41, 5.74) is 1.06. The number of imide groups is 1. The normalized spacial score (nSPS) is 13.7. The molecule has 10 heteroatoms. The molecule has 0 fully saturated rings. The molecular formula is C21H16ClN3O5S. The molecule has 0 bridgehead atoms. The van der Waals surface area contributed by atoms with Crippen molar-refractivity contribution < 1.29 is 23.9 Å². The number of ether oxygens (including phenoxy) is 1. The molecule has 0 aliphatic carbocycles. The number of hydrogen-bond acceptors (Lipinski definition) is 6. The van der Waals surface area contributed by atoms with E-state index >= 15 is 0 Å². The van der Waals surface area contributed by atoms with Crippen LogP contribution in [0.25, 0.3) is 10.2 Å². The summed E-state index contributed by atoms with van der Waals surface area (Å²) in [6, 6.07) is 11.6. The molecule has 2 aromatic carbocycles. The van der Waals surface area contributed by atoms with E-state index in [1.54, 1.807) is 49.4 Å². The van der Waals surface area contributed by atoms with Crippen molar-refractivity contribution >= 4 is 56.8 Å². The van der Waals surface area contributed by atoms with Crippen LogP contribution in [0.4, 0.5) is 0 Å². The highest BCUT2D eigenvalue weighted by Gasteiger charge is 2.36. The van der Waals surface area contributed by atoms with Crippen LogP contribution in [0.3, 0.4) is 0 Å². The number of thiazole rings is 1. The van der Waals surface area contributed by atoms with Gasteiger partial charge < -0.3 is 9.30 Å². The Morgan fingerprint density at radius 3 is 2.35 bits per heavy atom. The molecule has 0 saturated carbocycles. The third-order valence-corrected chi connectivity index (χ3v) is 5.98. The Kier molecular flexibility index (Phi) is 5.71. The summed E-state index contributed by atoms with van der Waals surface area (Å²) in [5, 5.41) is 0.396. The molecule has 3 amide bonds. The van der Waals surface area contributed by atoms with E-state index in [4.69, 9.17) is 16.3 Å². The Hall–Kier alpha value is -3.30. The minimum atomic E-state index is -0.699. The number of esters is 1. The maximum atomic E-state index is 12.7. The molecule has 1 aliphatic heterocycles. The number of halogens is 1. The number of carbonyl (C=O) groups excluding carboxylic acids is 4. The topological polar surface area (TPSA) is 98.0 Å². The molecule has 1 aromatic heterocycles. The third-order valence-electron chi connectivity index (χ3n) is 4.64. The second-order valence-electron chi connectivity index (χ2n) is 6.61. The van der Waals surface area contributed by atoms with E-state index in [0.29, 0.717) is 10.5 Å². The van der Waals surface area contributed by atoms with E-state index in [2.05, 4.69) is 4.99 Å². The van der Waals surface area contributed by atoms with Crippen LogP contribution in [0, 0.1) is 0 Å². The number of fused-ring (bicyclic) bond motifs is 2. The molecular weight excluding hydrogens is 442 g/mol. The average molecular weight is 458 g/mol. The van der Waals surface area contributed by atoms with Gasteiger partial charge in [-0.15, -0.1) is 0 Å². The van der Waals surface area contributed by atoms with E-state index in [1.807, 2.05) is 0 Å². The predicted molar refractivity (Wildman–Crippen MR) is 114 cm³/mol. The molecule has 31 heavy (non-hydrogen) atoms. The number of rotatable bonds is 5. The fourth-order valence-electron chi connectivity index (χ4n) is 3.31. The summed E-state index contributed by atoms with van der Waals surface area (Å²) in [6.07, 6.45) is 0. The van der Waals surface area contributed by atoms with Crippen LogP contribution < -0.4 is 4.80 Å². The second kappa shape index (κ2) is 8.44. The Morgan fingerprint density at radius 2 is 1.71 bits per heavy atom. The molecule has 0 radical (unpaired) electrons. The molecule has 158 valence electrons. The van der Waals surface area contributed by atoms with Crippen LogP contribution in [-0.4, -0.2) is 46.3 Å². The maximum absolute atomic E-state index is 12.7. The van der Waals surface area contributed by atoms with Gasteiger partial charge in [-0.2, -0.15) is 4.99 Å². The molecule has 8 nitrogen and oxygen atoms in total. The van der Waals surface area contributed by atoms with E-state index in [1.165, 1.54) is 15.9 Å². The fourth-order valence-corrected chi connectivity index (χ4v) is 4.72. The SMILES string of the molecule is CCOC(=O)Cn1c(=NC(=O)CN2C(=O)c3ccccc3C2=O)sc2cccc(Cl)c21. The number of hydrogen-bond donors (Lipinski definition) is 0. The lowest BCUT2D eigenvalue weighted by molar-refractivity contribution is -0.143. The van der Waals surface area contributed by atoms with Gasteiger partial charge in [0.25, 0.3) is 17.7 Å². The summed E-state index contributed by atoms with van der Waals surface area (Å²) in [7, 11) is 0. The third kappa shape index (κ3) is 3.89. The van der Waals surface area contributed by atoms with Crippen LogP contribution in [-0.2, 0) is 20.9 Å². The van der Waals surface area contributed by atoms with E-state index in [0.717, 1.165) is 9.60 Å². The van der Waals surface area contributed by atoms with Gasteiger partial charge in [0.15, 0.2) is 4.80 Å². The lowest BCUT2D eigenvalue weighted by Crippen LogP contribution is -2.35. The first-order chi connectivity index (χ1) is 14.9. The van der Waals surface area contributed by atoms with Gasteiger partial charge in [0, 0.05) is 0 Å². The van der Waals surface area contributed by atoms with Crippen LogP contribution in [0.5, 0.6) is 0 Å². The first-order valence-electron chi connectivity index (χ1n) is 9.37. The quantitative estimate of drug-likeness (QED) is 0.433. The molecule has 3 aromatic rings. The van der Waals surface area contributed by atoms with E-state index in [9.17, 15) is 19.2 Å². The highest BCUT2D eigenvalue weighted by Crippen LogP contribution is 2.26. The van der Waals surface area contributed by atoms with Gasteiger partial charge >= 0.3 is 5.97 Å². The smallest absolute Gasteiger partial charge is 0.326 e. The largest absolute Gasteiger partial charge is 0.465 e. The standard InChI is InChI=1S/C21H16ClN3O5S/c1-2-30-17(27)11-24-18-14(22)8-5-9-15(18)31-21(24)23-16(26)10-25-19(28)12-6-3-4-7-13(12)20(25)29/h3-9H,2,10-11H2,1H3. The molecule has 4 rings (SSSR count). The van der Waals surface area contributed by atoms with Gasteiger partial charge in [0.1, 0.15) is 13.1 Å². The molecule has 0 unspecified atom stereocenters. The number of nitrogens with zero attached hydrogens (tertiary/aromatic N) is 3. The lowest BCUT2D eigenvalue weighted by atomic mass is 10.1.